The first-order valence-electron chi connectivity index (χ1n) is 27.7. The maximum Gasteiger partial charge on any atom is 0.0713 e. The maximum atomic E-state index is 4.21. The van der Waals surface area contributed by atoms with Gasteiger partial charge in [0.25, 0.3) is 0 Å². The van der Waals surface area contributed by atoms with E-state index < -0.39 is 10.8 Å². The third-order valence-corrected chi connectivity index (χ3v) is 15.5. The minimum atomic E-state index is -0.603. The summed E-state index contributed by atoms with van der Waals surface area (Å²) in [4.78, 5) is 0. The van der Waals surface area contributed by atoms with Crippen LogP contribution < -0.4 is 0 Å². The van der Waals surface area contributed by atoms with Crippen LogP contribution >= 0.6 is 0 Å². The molecule has 2 atom stereocenters. The molecule has 0 heteroatoms. The fraction of sp³-hybridized carbons (Fsp3) is 0.0886. The number of rotatable bonds is 6. The molecule has 0 radical (unpaired) electrons. The van der Waals surface area contributed by atoms with Gasteiger partial charge in [-0.15, -0.1) is 0 Å². The number of benzene rings is 6. The van der Waals surface area contributed by atoms with Crippen molar-refractivity contribution in [1.82, 2.24) is 0 Å². The predicted molar refractivity (Wildman–Crippen MR) is 339 cm³/mol. The van der Waals surface area contributed by atoms with Crippen LogP contribution in [0.3, 0.4) is 0 Å². The molecule has 7 aromatic rings. The molecule has 0 bridgehead atoms. The molecule has 384 valence electrons. The van der Waals surface area contributed by atoms with E-state index in [0.29, 0.717) is 5.92 Å². The molecule has 79 heavy (non-hydrogen) atoms. The van der Waals surface area contributed by atoms with E-state index in [2.05, 4.69) is 349 Å². The van der Waals surface area contributed by atoms with Crippen molar-refractivity contribution in [3.63, 3.8) is 0 Å². The lowest BCUT2D eigenvalue weighted by Crippen LogP contribution is -2.28. The third kappa shape index (κ3) is 10.8. The van der Waals surface area contributed by atoms with Crippen molar-refractivity contribution < 1.29 is 0 Å². The zero-order chi connectivity index (χ0) is 54.3. The molecule has 0 nitrogen and oxygen atoms in total. The van der Waals surface area contributed by atoms with Gasteiger partial charge in [-0.05, 0) is 115 Å². The topological polar surface area (TPSA) is 0 Å². The standard InChI is InChI=1S/C79H68/c1-5-34-65(35-6-2)78(66-45-16-10-17-46-66)75-57-29-27-54-73(75)71-52-22-7-13-39-62-41-25-26-42-63(62)40-14-9-24-56-74-70(72-53-28-30-58-76(72)79(74,67-47-18-11-19-48-67)68-49-20-12-21-50-68)51-23-8-15-43-64-44-33-38-61(4)69(64)55-31-36-60(3)37-32-59-77(71)78/h5-37,39-59,61H,1,38H2,2-4H3/b13-7?,14-9?,15-8?,22-7?,23-8?,24-9?,35-6-,36-31?,37-32?,39-13?,40-14?,43-15?,51-23?,52-22?,55-31?,56-24?,59-32?,60-36?,60-37?,62-39?,63-40?,64-43?,65-34+,69-55?,70-51?,71-52?,74-56?,77-59?. The van der Waals surface area contributed by atoms with Gasteiger partial charge in [0, 0.05) is 0 Å². The number of allylic oxidation sites excluding steroid dienone is 6. The minimum Gasteiger partial charge on any atom is -0.0991 e. The molecule has 0 spiro atoms. The Morgan fingerprint density at radius 3 is 1.30 bits per heavy atom. The van der Waals surface area contributed by atoms with Crippen molar-refractivity contribution in [1.29, 1.82) is 0 Å². The van der Waals surface area contributed by atoms with Gasteiger partial charge >= 0.3 is 0 Å². The number of hydrogen-bond acceptors (Lipinski definition) is 0. The minimum absolute atomic E-state index is 0.388. The quantitative estimate of drug-likeness (QED) is 0.146. The Morgan fingerprint density at radius 1 is 0.418 bits per heavy atom. The third-order valence-electron chi connectivity index (χ3n) is 15.5. The molecule has 0 amide bonds. The van der Waals surface area contributed by atoms with E-state index in [-0.39, 0.29) is 0 Å². The van der Waals surface area contributed by atoms with Gasteiger partial charge in [0.15, 0.2) is 0 Å². The smallest absolute Gasteiger partial charge is 0.0713 e. The number of aryl methyl sites for hydroxylation is 1. The molecule has 0 aromatic heterocycles. The highest BCUT2D eigenvalue weighted by atomic mass is 14.5. The molecule has 0 heterocycles. The summed E-state index contributed by atoms with van der Waals surface area (Å²) in [6.45, 7) is 10.8. The van der Waals surface area contributed by atoms with E-state index in [4.69, 9.17) is 0 Å². The van der Waals surface area contributed by atoms with Gasteiger partial charge in [-0.3, -0.25) is 0 Å². The molecule has 2 unspecified atom stereocenters. The van der Waals surface area contributed by atoms with Gasteiger partial charge in [-0.25, -0.2) is 0 Å². The van der Waals surface area contributed by atoms with Crippen LogP contribution in [0.15, 0.2) is 334 Å². The van der Waals surface area contributed by atoms with Crippen molar-refractivity contribution >= 4 is 16.8 Å². The van der Waals surface area contributed by atoms with Crippen LogP contribution in [0.25, 0.3) is 39.1 Å². The van der Waals surface area contributed by atoms with Crippen LogP contribution in [0.5, 0.6) is 0 Å². The fourth-order valence-corrected chi connectivity index (χ4v) is 12.0. The molecule has 0 saturated heterocycles. The second kappa shape index (κ2) is 25.2. The maximum absolute atomic E-state index is 4.21. The van der Waals surface area contributed by atoms with Crippen molar-refractivity contribution in [3.8, 4) is 22.3 Å². The van der Waals surface area contributed by atoms with Crippen molar-refractivity contribution in [2.24, 2.45) is 0 Å². The van der Waals surface area contributed by atoms with E-state index in [9.17, 15) is 0 Å². The highest BCUT2D eigenvalue weighted by molar-refractivity contribution is 5.87. The first-order chi connectivity index (χ1) is 39.0. The molecule has 3 aliphatic carbocycles. The monoisotopic (exact) mass is 1020 g/mol. The molecule has 0 N–H and O–H groups in total. The summed E-state index contributed by atoms with van der Waals surface area (Å²) in [5.74, 6) is 0.388. The normalized spacial score (nSPS) is 15.5. The Balaban J connectivity index is 1.22. The lowest BCUT2D eigenvalue weighted by atomic mass is 9.67. The van der Waals surface area contributed by atoms with Crippen LogP contribution in [-0.2, 0) is 10.8 Å². The van der Waals surface area contributed by atoms with Gasteiger partial charge in [0.1, 0.15) is 0 Å². The van der Waals surface area contributed by atoms with Crippen LogP contribution in [0.2, 0.25) is 0 Å². The van der Waals surface area contributed by atoms with E-state index in [1.165, 1.54) is 72.3 Å². The fourth-order valence-electron chi connectivity index (χ4n) is 12.0. The zero-order valence-electron chi connectivity index (χ0n) is 45.7. The van der Waals surface area contributed by atoms with Gasteiger partial charge < -0.3 is 0 Å². The van der Waals surface area contributed by atoms with Gasteiger partial charge in [-0.2, -0.15) is 0 Å². The summed E-state index contributed by atoms with van der Waals surface area (Å²) >= 11 is 0. The summed E-state index contributed by atoms with van der Waals surface area (Å²) in [6, 6.07) is 106. The van der Waals surface area contributed by atoms with E-state index >= 15 is 0 Å². The highest BCUT2D eigenvalue weighted by Gasteiger charge is 2.47. The van der Waals surface area contributed by atoms with Gasteiger partial charge in [0.05, 0.1) is 10.8 Å². The Hall–Kier alpha value is -9.36. The summed E-state index contributed by atoms with van der Waals surface area (Å²) in [7, 11) is 0. The largest absolute Gasteiger partial charge is 0.0991 e. The molecule has 7 aromatic carbocycles. The van der Waals surface area contributed by atoms with E-state index in [1.807, 2.05) is 6.08 Å². The lowest BCUT2D eigenvalue weighted by molar-refractivity contribution is 0.767. The average molecular weight is 1020 g/mol. The Kier molecular flexibility index (Phi) is 16.9. The first-order valence-corrected chi connectivity index (χ1v) is 27.7. The SMILES string of the molecule is C=C/C=C(\C=C/C)C1(c2ccccc2)c2ccccc2-c2cccccc3ccccc3cccccc3c(cccccc4c(cccc(C)cccc21)C(C)CC=C4)-c1ccccc1C3(c1ccccc1)c1ccccc1. The molecular formula is C79H68. The number of hydrogen-bond donors (Lipinski definition) is 0. The van der Waals surface area contributed by atoms with Crippen LogP contribution in [0.4, 0.5) is 0 Å². The second-order valence-corrected chi connectivity index (χ2v) is 20.3. The van der Waals surface area contributed by atoms with Gasteiger partial charge in [-0.1, -0.05) is 347 Å². The van der Waals surface area contributed by atoms with Crippen molar-refractivity contribution in [2.45, 2.75) is 43.9 Å². The molecule has 0 aliphatic heterocycles. The van der Waals surface area contributed by atoms with Crippen LogP contribution in [-0.4, -0.2) is 0 Å². The first kappa shape index (κ1) is 53.1. The summed E-state index contributed by atoms with van der Waals surface area (Å²) in [5, 5.41) is 2.27. The second-order valence-electron chi connectivity index (χ2n) is 20.3. The molecule has 0 fully saturated rings. The van der Waals surface area contributed by atoms with E-state index in [1.54, 1.807) is 0 Å². The molecular weight excluding hydrogens is 949 g/mol. The molecule has 10 rings (SSSR count). The Morgan fingerprint density at radius 2 is 0.797 bits per heavy atom. The zero-order valence-corrected chi connectivity index (χ0v) is 45.7. The Bertz CT molecular complexity index is 3830. The van der Waals surface area contributed by atoms with Crippen molar-refractivity contribution in [2.75, 3.05) is 0 Å². The van der Waals surface area contributed by atoms with Crippen molar-refractivity contribution in [3.05, 3.63) is 389 Å². The number of fused-ring (bicyclic) bond motifs is 8. The summed E-state index contributed by atoms with van der Waals surface area (Å²) in [6.07, 6.45) is 14.1. The Labute approximate surface area is 469 Å². The van der Waals surface area contributed by atoms with Gasteiger partial charge in [0.2, 0.25) is 0 Å². The average Bonchev–Trinajstić information content (AvgIpc) is 4.04. The van der Waals surface area contributed by atoms with E-state index in [0.717, 1.165) is 28.3 Å². The molecule has 3 aliphatic rings. The highest BCUT2D eigenvalue weighted by Crippen LogP contribution is 2.57. The summed E-state index contributed by atoms with van der Waals surface area (Å²) in [5.41, 5.74) is 17.2. The van der Waals surface area contributed by atoms with Crippen LogP contribution in [0.1, 0.15) is 81.8 Å². The summed E-state index contributed by atoms with van der Waals surface area (Å²) < 4.78 is 0. The molecule has 0 saturated carbocycles. The predicted octanol–water partition coefficient (Wildman–Crippen LogP) is 20.8. The lowest BCUT2D eigenvalue weighted by Gasteiger charge is -2.34. The van der Waals surface area contributed by atoms with Crippen LogP contribution in [0, 0.1) is 6.92 Å².